The molecule has 0 spiro atoms. The van der Waals surface area contributed by atoms with Crippen LogP contribution in [0.3, 0.4) is 0 Å². The standard InChI is InChI=1S/C8HCl5N2O/c9-3-1-2(4(10)6(12)5(3)11)8(16)15-14-7(1)13/h(H,15,16). The van der Waals surface area contributed by atoms with Crippen molar-refractivity contribution in [1.82, 2.24) is 10.2 Å². The van der Waals surface area contributed by atoms with Gasteiger partial charge in [-0.2, -0.15) is 5.10 Å². The Labute approximate surface area is 114 Å². The lowest BCUT2D eigenvalue weighted by Crippen LogP contribution is -2.09. The quantitative estimate of drug-likeness (QED) is 0.585. The van der Waals surface area contributed by atoms with E-state index in [-0.39, 0.29) is 36.0 Å². The molecule has 0 atom stereocenters. The van der Waals surface area contributed by atoms with Crippen LogP contribution in [0.4, 0.5) is 0 Å². The number of fused-ring (bicyclic) bond motifs is 1. The molecule has 0 saturated carbocycles. The fraction of sp³-hybridized carbons (Fsp3) is 0. The number of benzene rings is 1. The molecule has 0 aliphatic rings. The topological polar surface area (TPSA) is 45.8 Å². The Morgan fingerprint density at radius 1 is 0.812 bits per heavy atom. The van der Waals surface area contributed by atoms with Gasteiger partial charge >= 0.3 is 0 Å². The molecule has 1 heterocycles. The summed E-state index contributed by atoms with van der Waals surface area (Å²) in [7, 11) is 0. The average Bonchev–Trinajstić information content (AvgIpc) is 2.26. The highest BCUT2D eigenvalue weighted by Gasteiger charge is 2.19. The highest BCUT2D eigenvalue weighted by atomic mass is 35.5. The first-order chi connectivity index (χ1) is 7.45. The largest absolute Gasteiger partial charge is 0.273 e. The van der Waals surface area contributed by atoms with Gasteiger partial charge in [0.05, 0.1) is 25.5 Å². The zero-order valence-electron chi connectivity index (χ0n) is 7.25. The van der Waals surface area contributed by atoms with Gasteiger partial charge in [0.25, 0.3) is 5.56 Å². The third kappa shape index (κ3) is 1.67. The summed E-state index contributed by atoms with van der Waals surface area (Å²) < 4.78 is 0. The molecule has 2 aromatic rings. The van der Waals surface area contributed by atoms with E-state index >= 15 is 0 Å². The third-order valence-corrected chi connectivity index (χ3v) is 4.03. The van der Waals surface area contributed by atoms with E-state index in [4.69, 9.17) is 58.0 Å². The summed E-state index contributed by atoms with van der Waals surface area (Å²) in [5.41, 5.74) is -0.537. The van der Waals surface area contributed by atoms with Crippen LogP contribution in [0.15, 0.2) is 4.79 Å². The zero-order chi connectivity index (χ0) is 12.0. The predicted octanol–water partition coefficient (Wildman–Crippen LogP) is 4.19. The van der Waals surface area contributed by atoms with Crippen LogP contribution >= 0.6 is 58.0 Å². The van der Waals surface area contributed by atoms with E-state index in [1.165, 1.54) is 0 Å². The Hall–Kier alpha value is -0.190. The molecule has 2 rings (SSSR count). The van der Waals surface area contributed by atoms with Crippen LogP contribution in [0, 0.1) is 0 Å². The highest BCUT2D eigenvalue weighted by molar-refractivity contribution is 6.56. The summed E-state index contributed by atoms with van der Waals surface area (Å²) in [6, 6.07) is 0. The average molecular weight is 318 g/mol. The second kappa shape index (κ2) is 4.24. The van der Waals surface area contributed by atoms with Gasteiger partial charge in [0.15, 0.2) is 5.15 Å². The molecule has 8 heteroatoms. The number of rotatable bonds is 0. The van der Waals surface area contributed by atoms with E-state index in [9.17, 15) is 4.79 Å². The number of aromatic amines is 1. The monoisotopic (exact) mass is 316 g/mol. The molecule has 0 amide bonds. The zero-order valence-corrected chi connectivity index (χ0v) is 11.0. The van der Waals surface area contributed by atoms with Crippen molar-refractivity contribution < 1.29 is 0 Å². The summed E-state index contributed by atoms with van der Waals surface area (Å²) in [5.74, 6) is 0. The molecule has 1 N–H and O–H groups in total. The Morgan fingerprint density at radius 2 is 1.31 bits per heavy atom. The van der Waals surface area contributed by atoms with Crippen LogP contribution in [-0.4, -0.2) is 10.2 Å². The van der Waals surface area contributed by atoms with Gasteiger partial charge in [-0.1, -0.05) is 58.0 Å². The number of hydrogen-bond acceptors (Lipinski definition) is 2. The Morgan fingerprint density at radius 3 is 1.88 bits per heavy atom. The normalized spacial score (nSPS) is 11.1. The highest BCUT2D eigenvalue weighted by Crippen LogP contribution is 2.43. The summed E-state index contributed by atoms with van der Waals surface area (Å²) >= 11 is 29.3. The fourth-order valence-electron chi connectivity index (χ4n) is 1.25. The van der Waals surface area contributed by atoms with Crippen molar-refractivity contribution in [1.29, 1.82) is 0 Å². The van der Waals surface area contributed by atoms with Crippen molar-refractivity contribution in [3.8, 4) is 0 Å². The smallest absolute Gasteiger partial charge is 0.267 e. The molecule has 0 unspecified atom stereocenters. The first-order valence-electron chi connectivity index (χ1n) is 3.85. The van der Waals surface area contributed by atoms with E-state index in [2.05, 4.69) is 10.2 Å². The van der Waals surface area contributed by atoms with Gasteiger partial charge in [0.2, 0.25) is 0 Å². The maximum absolute atomic E-state index is 11.5. The van der Waals surface area contributed by atoms with Gasteiger partial charge in [0.1, 0.15) is 0 Å². The van der Waals surface area contributed by atoms with Crippen LogP contribution in [-0.2, 0) is 0 Å². The van der Waals surface area contributed by atoms with E-state index in [1.54, 1.807) is 0 Å². The number of aromatic nitrogens is 2. The lowest BCUT2D eigenvalue weighted by Gasteiger charge is -2.07. The minimum Gasteiger partial charge on any atom is -0.267 e. The molecule has 0 fully saturated rings. The molecule has 0 saturated heterocycles. The van der Waals surface area contributed by atoms with Crippen molar-refractivity contribution in [3.63, 3.8) is 0 Å². The van der Waals surface area contributed by atoms with Crippen molar-refractivity contribution >= 4 is 68.8 Å². The van der Waals surface area contributed by atoms with Crippen LogP contribution in [0.25, 0.3) is 10.8 Å². The van der Waals surface area contributed by atoms with Crippen molar-refractivity contribution in [2.75, 3.05) is 0 Å². The molecule has 1 aromatic carbocycles. The summed E-state index contributed by atoms with van der Waals surface area (Å²) in [6.07, 6.45) is 0. The van der Waals surface area contributed by atoms with E-state index in [0.29, 0.717) is 0 Å². The maximum atomic E-state index is 11.5. The lowest BCUT2D eigenvalue weighted by molar-refractivity contribution is 1.01. The minimum atomic E-state index is -0.537. The Bertz CT molecular complexity index is 651. The summed E-state index contributed by atoms with van der Waals surface area (Å²) in [4.78, 5) is 11.5. The third-order valence-electron chi connectivity index (χ3n) is 1.96. The molecule has 0 radical (unpaired) electrons. The van der Waals surface area contributed by atoms with Gasteiger partial charge in [-0.25, -0.2) is 5.10 Å². The van der Waals surface area contributed by atoms with E-state index in [0.717, 1.165) is 0 Å². The number of H-pyrrole nitrogens is 1. The Balaban J connectivity index is 3.20. The number of halogens is 5. The maximum Gasteiger partial charge on any atom is 0.273 e. The molecule has 0 aliphatic heterocycles. The van der Waals surface area contributed by atoms with Gasteiger partial charge in [0, 0.05) is 5.39 Å². The number of nitrogens with zero attached hydrogens (tertiary/aromatic N) is 1. The first-order valence-corrected chi connectivity index (χ1v) is 5.74. The van der Waals surface area contributed by atoms with Crippen molar-refractivity contribution in [2.45, 2.75) is 0 Å². The van der Waals surface area contributed by atoms with Crippen molar-refractivity contribution in [3.05, 3.63) is 35.6 Å². The number of hydrogen-bond donors (Lipinski definition) is 1. The first kappa shape index (κ1) is 12.3. The van der Waals surface area contributed by atoms with Crippen LogP contribution in [0.1, 0.15) is 0 Å². The minimum absolute atomic E-state index is 0.0000617. The van der Waals surface area contributed by atoms with Gasteiger partial charge in [-0.05, 0) is 0 Å². The second-order valence-corrected chi connectivity index (χ2v) is 4.72. The molecule has 0 aliphatic carbocycles. The van der Waals surface area contributed by atoms with E-state index in [1.807, 2.05) is 0 Å². The second-order valence-electron chi connectivity index (χ2n) is 2.85. The fourth-order valence-corrected chi connectivity index (χ4v) is 2.56. The van der Waals surface area contributed by atoms with Gasteiger partial charge in [-0.15, -0.1) is 0 Å². The molecule has 16 heavy (non-hydrogen) atoms. The molecule has 1 aromatic heterocycles. The van der Waals surface area contributed by atoms with Crippen LogP contribution in [0.5, 0.6) is 0 Å². The van der Waals surface area contributed by atoms with Crippen LogP contribution in [0.2, 0.25) is 25.2 Å². The SMILES string of the molecule is O=c1[nH]nc(Cl)c2c(Cl)c(Cl)c(Cl)c(Cl)c12. The van der Waals surface area contributed by atoms with Crippen LogP contribution < -0.4 is 5.56 Å². The van der Waals surface area contributed by atoms with Gasteiger partial charge in [-0.3, -0.25) is 4.79 Å². The molecule has 0 bridgehead atoms. The van der Waals surface area contributed by atoms with E-state index < -0.39 is 5.56 Å². The molecular weight excluding hydrogens is 317 g/mol. The number of nitrogens with one attached hydrogen (secondary N) is 1. The molecule has 84 valence electrons. The lowest BCUT2D eigenvalue weighted by atomic mass is 10.2. The summed E-state index contributed by atoms with van der Waals surface area (Å²) in [5, 5.41) is 6.09. The van der Waals surface area contributed by atoms with Crippen molar-refractivity contribution in [2.24, 2.45) is 0 Å². The Kier molecular flexibility index (Phi) is 3.25. The van der Waals surface area contributed by atoms with Gasteiger partial charge < -0.3 is 0 Å². The summed E-state index contributed by atoms with van der Waals surface area (Å²) in [6.45, 7) is 0. The predicted molar refractivity (Wildman–Crippen MR) is 67.4 cm³/mol. The molecular formula is C8HCl5N2O. The molecule has 3 nitrogen and oxygen atoms in total.